The van der Waals surface area contributed by atoms with E-state index in [-0.39, 0.29) is 0 Å². The zero-order chi connectivity index (χ0) is 11.4. The lowest BCUT2D eigenvalue weighted by Crippen LogP contribution is -1.76. The predicted molar refractivity (Wildman–Crippen MR) is 73.5 cm³/mol. The van der Waals surface area contributed by atoms with Gasteiger partial charge in [0.25, 0.3) is 0 Å². The molecule has 16 heavy (non-hydrogen) atoms. The summed E-state index contributed by atoms with van der Waals surface area (Å²) in [6.07, 6.45) is 2.11. The topological polar surface area (TPSA) is 0 Å². The van der Waals surface area contributed by atoms with E-state index in [9.17, 15) is 0 Å². The molecular weight excluding hydrogens is 232 g/mol. The number of rotatable bonds is 3. The second kappa shape index (κ2) is 5.46. The van der Waals surface area contributed by atoms with Gasteiger partial charge in [-0.05, 0) is 43.5 Å². The van der Waals surface area contributed by atoms with Crippen molar-refractivity contribution in [2.45, 2.75) is 21.6 Å². The monoisotopic (exact) mass is 246 g/mol. The molecule has 0 saturated carbocycles. The molecule has 0 bridgehead atoms. The van der Waals surface area contributed by atoms with E-state index < -0.39 is 0 Å². The number of hydrogen-bond acceptors (Lipinski definition) is 2. The molecule has 0 aromatic heterocycles. The van der Waals surface area contributed by atoms with E-state index in [1.807, 2.05) is 11.8 Å². The van der Waals surface area contributed by atoms with Crippen LogP contribution in [0.2, 0.25) is 0 Å². The Labute approximate surface area is 105 Å². The van der Waals surface area contributed by atoms with Gasteiger partial charge in [-0.15, -0.1) is 11.8 Å². The first-order chi connectivity index (χ1) is 7.78. The largest absolute Gasteiger partial charge is 0.130 e. The summed E-state index contributed by atoms with van der Waals surface area (Å²) in [5.74, 6) is 0. The van der Waals surface area contributed by atoms with Gasteiger partial charge < -0.3 is 0 Å². The fourth-order valence-electron chi connectivity index (χ4n) is 1.48. The Morgan fingerprint density at radius 1 is 0.812 bits per heavy atom. The molecule has 0 nitrogen and oxygen atoms in total. The zero-order valence-corrected chi connectivity index (χ0v) is 11.1. The lowest BCUT2D eigenvalue weighted by atomic mass is 10.2. The molecule has 2 aromatic rings. The summed E-state index contributed by atoms with van der Waals surface area (Å²) < 4.78 is 0. The van der Waals surface area contributed by atoms with Crippen LogP contribution >= 0.6 is 23.5 Å². The lowest BCUT2D eigenvalue weighted by Gasteiger charge is -2.04. The van der Waals surface area contributed by atoms with E-state index in [0.717, 1.165) is 0 Å². The summed E-state index contributed by atoms with van der Waals surface area (Å²) in [6.45, 7) is 2.13. The smallest absolute Gasteiger partial charge is 0.0133 e. The molecule has 0 amide bonds. The predicted octanol–water partition coefficient (Wildman–Crippen LogP) is 4.87. The summed E-state index contributed by atoms with van der Waals surface area (Å²) in [5, 5.41) is 0. The SMILES string of the molecule is CSc1cccc(Sc2cccc(C)c2)c1. The van der Waals surface area contributed by atoms with E-state index in [1.165, 1.54) is 20.2 Å². The molecule has 0 aliphatic rings. The van der Waals surface area contributed by atoms with Gasteiger partial charge >= 0.3 is 0 Å². The van der Waals surface area contributed by atoms with Crippen molar-refractivity contribution < 1.29 is 0 Å². The molecule has 0 fully saturated rings. The van der Waals surface area contributed by atoms with Crippen molar-refractivity contribution in [1.29, 1.82) is 0 Å². The van der Waals surface area contributed by atoms with Gasteiger partial charge in [-0.2, -0.15) is 0 Å². The van der Waals surface area contributed by atoms with E-state index in [2.05, 4.69) is 61.7 Å². The Morgan fingerprint density at radius 2 is 1.44 bits per heavy atom. The summed E-state index contributed by atoms with van der Waals surface area (Å²) in [6, 6.07) is 17.3. The van der Waals surface area contributed by atoms with Crippen molar-refractivity contribution in [1.82, 2.24) is 0 Å². The van der Waals surface area contributed by atoms with Crippen LogP contribution in [0.4, 0.5) is 0 Å². The van der Waals surface area contributed by atoms with Crippen LogP contribution in [0.25, 0.3) is 0 Å². The van der Waals surface area contributed by atoms with Gasteiger partial charge in [0.05, 0.1) is 0 Å². The third-order valence-electron chi connectivity index (χ3n) is 2.27. The molecular formula is C14H14S2. The quantitative estimate of drug-likeness (QED) is 0.709. The van der Waals surface area contributed by atoms with Crippen LogP contribution in [0.1, 0.15) is 5.56 Å². The molecule has 0 atom stereocenters. The number of thioether (sulfide) groups is 1. The molecule has 0 heterocycles. The molecule has 82 valence electrons. The maximum absolute atomic E-state index is 2.23. The second-order valence-electron chi connectivity index (χ2n) is 3.60. The van der Waals surface area contributed by atoms with Gasteiger partial charge in [-0.25, -0.2) is 0 Å². The molecule has 2 aromatic carbocycles. The Bertz CT molecular complexity index is 478. The van der Waals surface area contributed by atoms with Gasteiger partial charge in [0, 0.05) is 14.7 Å². The van der Waals surface area contributed by atoms with Gasteiger partial charge in [-0.3, -0.25) is 0 Å². The summed E-state index contributed by atoms with van der Waals surface area (Å²) in [7, 11) is 0. The Morgan fingerprint density at radius 3 is 2.12 bits per heavy atom. The maximum Gasteiger partial charge on any atom is 0.0133 e. The highest BCUT2D eigenvalue weighted by Gasteiger charge is 1.98. The third-order valence-corrected chi connectivity index (χ3v) is 3.97. The van der Waals surface area contributed by atoms with Crippen LogP contribution in [0.5, 0.6) is 0 Å². The minimum absolute atomic E-state index is 1.30. The van der Waals surface area contributed by atoms with Gasteiger partial charge in [0.2, 0.25) is 0 Å². The molecule has 0 unspecified atom stereocenters. The molecule has 2 heteroatoms. The molecule has 0 aliphatic heterocycles. The fraction of sp³-hybridized carbons (Fsp3) is 0.143. The molecule has 2 rings (SSSR count). The van der Waals surface area contributed by atoms with E-state index in [4.69, 9.17) is 0 Å². The Balaban J connectivity index is 2.20. The standard InChI is InChI=1S/C14H14S2/c1-11-5-3-7-13(9-11)16-14-8-4-6-12(10-14)15-2/h3-10H,1-2H3. The fourth-order valence-corrected chi connectivity index (χ4v) is 3.01. The first kappa shape index (κ1) is 11.6. The maximum atomic E-state index is 2.23. The van der Waals surface area contributed by atoms with Crippen LogP contribution in [0.3, 0.4) is 0 Å². The number of aryl methyl sites for hydroxylation is 1. The van der Waals surface area contributed by atoms with Crippen molar-refractivity contribution in [2.75, 3.05) is 6.26 Å². The second-order valence-corrected chi connectivity index (χ2v) is 5.62. The van der Waals surface area contributed by atoms with E-state index in [0.29, 0.717) is 0 Å². The molecule has 0 N–H and O–H groups in total. The van der Waals surface area contributed by atoms with E-state index >= 15 is 0 Å². The first-order valence-electron chi connectivity index (χ1n) is 5.16. The zero-order valence-electron chi connectivity index (χ0n) is 9.44. The highest BCUT2D eigenvalue weighted by atomic mass is 32.2. The number of benzene rings is 2. The van der Waals surface area contributed by atoms with Crippen molar-refractivity contribution in [2.24, 2.45) is 0 Å². The molecule has 0 spiro atoms. The highest BCUT2D eigenvalue weighted by Crippen LogP contribution is 2.30. The van der Waals surface area contributed by atoms with E-state index in [1.54, 1.807) is 11.8 Å². The molecule has 0 saturated heterocycles. The van der Waals surface area contributed by atoms with Crippen LogP contribution in [0, 0.1) is 6.92 Å². The van der Waals surface area contributed by atoms with Crippen molar-refractivity contribution >= 4 is 23.5 Å². The van der Waals surface area contributed by atoms with Crippen LogP contribution in [-0.4, -0.2) is 6.26 Å². The summed E-state index contributed by atoms with van der Waals surface area (Å²) in [5.41, 5.74) is 1.31. The summed E-state index contributed by atoms with van der Waals surface area (Å²) >= 11 is 3.60. The minimum atomic E-state index is 1.30. The Hall–Kier alpha value is -0.860. The third kappa shape index (κ3) is 3.06. The highest BCUT2D eigenvalue weighted by molar-refractivity contribution is 7.99. The average Bonchev–Trinajstić information content (AvgIpc) is 2.29. The minimum Gasteiger partial charge on any atom is -0.130 e. The van der Waals surface area contributed by atoms with Gasteiger partial charge in [0.15, 0.2) is 0 Å². The normalized spacial score (nSPS) is 10.4. The van der Waals surface area contributed by atoms with Crippen molar-refractivity contribution in [3.8, 4) is 0 Å². The van der Waals surface area contributed by atoms with Crippen LogP contribution < -0.4 is 0 Å². The molecule has 0 aliphatic carbocycles. The van der Waals surface area contributed by atoms with Crippen LogP contribution in [0.15, 0.2) is 63.2 Å². The van der Waals surface area contributed by atoms with Gasteiger partial charge in [0.1, 0.15) is 0 Å². The van der Waals surface area contributed by atoms with Crippen molar-refractivity contribution in [3.63, 3.8) is 0 Å². The Kier molecular flexibility index (Phi) is 3.97. The van der Waals surface area contributed by atoms with Gasteiger partial charge in [-0.1, -0.05) is 35.5 Å². The van der Waals surface area contributed by atoms with Crippen molar-refractivity contribution in [3.05, 3.63) is 54.1 Å². The first-order valence-corrected chi connectivity index (χ1v) is 7.20. The lowest BCUT2D eigenvalue weighted by molar-refractivity contribution is 1.31. The number of hydrogen-bond donors (Lipinski definition) is 0. The molecule has 0 radical (unpaired) electrons. The summed E-state index contributed by atoms with van der Waals surface area (Å²) in [4.78, 5) is 3.92. The van der Waals surface area contributed by atoms with Crippen LogP contribution in [-0.2, 0) is 0 Å². The average molecular weight is 246 g/mol.